The molecule has 0 bridgehead atoms. The summed E-state index contributed by atoms with van der Waals surface area (Å²) in [5.74, 6) is 2.39. The van der Waals surface area contributed by atoms with Gasteiger partial charge in [0.15, 0.2) is 5.82 Å². The van der Waals surface area contributed by atoms with Crippen LogP contribution in [-0.2, 0) is 5.41 Å². The molecule has 0 atom stereocenters. The number of aryl methyl sites for hydroxylation is 1. The Hall–Kier alpha value is -1.98. The van der Waals surface area contributed by atoms with Crippen LogP contribution in [-0.4, -0.2) is 33.2 Å². The molecule has 6 heteroatoms. The van der Waals surface area contributed by atoms with Crippen LogP contribution >= 0.6 is 0 Å². The quantitative estimate of drug-likeness (QED) is 0.818. The lowest BCUT2D eigenvalue weighted by Crippen LogP contribution is -2.41. The molecule has 0 aliphatic carbocycles. The van der Waals surface area contributed by atoms with E-state index in [0.29, 0.717) is 5.82 Å². The van der Waals surface area contributed by atoms with E-state index in [0.717, 1.165) is 37.6 Å². The average Bonchev–Trinajstić information content (AvgIpc) is 2.88. The summed E-state index contributed by atoms with van der Waals surface area (Å²) in [6.45, 7) is 5.90. The topological polar surface area (TPSA) is 67.9 Å². The van der Waals surface area contributed by atoms with Crippen LogP contribution in [0.1, 0.15) is 31.5 Å². The molecule has 0 unspecified atom stereocenters. The van der Waals surface area contributed by atoms with Crippen LogP contribution in [0.2, 0.25) is 0 Å². The maximum atomic E-state index is 5.34. The van der Waals surface area contributed by atoms with Crippen molar-refractivity contribution in [2.24, 2.45) is 0 Å². The van der Waals surface area contributed by atoms with Gasteiger partial charge in [0.25, 0.3) is 0 Å². The third-order valence-corrected chi connectivity index (χ3v) is 3.78. The zero-order valence-electron chi connectivity index (χ0n) is 11.2. The minimum atomic E-state index is -0.0278. The van der Waals surface area contributed by atoms with Crippen molar-refractivity contribution < 1.29 is 4.52 Å². The van der Waals surface area contributed by atoms with Crippen LogP contribution in [0.15, 0.2) is 23.1 Å². The van der Waals surface area contributed by atoms with Gasteiger partial charge in [0, 0.05) is 25.5 Å². The van der Waals surface area contributed by atoms with E-state index in [4.69, 9.17) is 4.52 Å². The fourth-order valence-corrected chi connectivity index (χ4v) is 2.44. The van der Waals surface area contributed by atoms with Crippen molar-refractivity contribution in [1.82, 2.24) is 20.1 Å². The number of anilines is 1. The Labute approximate surface area is 111 Å². The molecule has 3 heterocycles. The van der Waals surface area contributed by atoms with E-state index in [9.17, 15) is 0 Å². The lowest BCUT2D eigenvalue weighted by Gasteiger charge is -2.37. The molecule has 0 aromatic carbocycles. The molecule has 0 saturated carbocycles. The fraction of sp³-hybridized carbons (Fsp3) is 0.538. The first-order valence-electron chi connectivity index (χ1n) is 6.49. The van der Waals surface area contributed by atoms with E-state index in [1.54, 1.807) is 18.6 Å². The second-order valence-corrected chi connectivity index (χ2v) is 5.26. The van der Waals surface area contributed by atoms with Gasteiger partial charge >= 0.3 is 0 Å². The Bertz CT molecular complexity index is 545. The van der Waals surface area contributed by atoms with E-state index in [1.165, 1.54) is 0 Å². The van der Waals surface area contributed by atoms with E-state index >= 15 is 0 Å². The van der Waals surface area contributed by atoms with Crippen LogP contribution in [0.25, 0.3) is 0 Å². The Morgan fingerprint density at radius 2 is 2.05 bits per heavy atom. The number of piperidine rings is 1. The number of aromatic nitrogens is 4. The zero-order chi connectivity index (χ0) is 13.3. The lowest BCUT2D eigenvalue weighted by molar-refractivity contribution is 0.252. The van der Waals surface area contributed by atoms with Crippen molar-refractivity contribution in [2.45, 2.75) is 32.1 Å². The minimum absolute atomic E-state index is 0.0278. The first kappa shape index (κ1) is 12.1. The van der Waals surface area contributed by atoms with Crippen molar-refractivity contribution in [3.63, 3.8) is 0 Å². The highest BCUT2D eigenvalue weighted by atomic mass is 16.5. The van der Waals surface area contributed by atoms with Gasteiger partial charge in [-0.2, -0.15) is 4.98 Å². The normalized spacial score (nSPS) is 18.5. The molecule has 100 valence electrons. The summed E-state index contributed by atoms with van der Waals surface area (Å²) in [7, 11) is 0. The smallest absolute Gasteiger partial charge is 0.232 e. The molecular weight excluding hydrogens is 242 g/mol. The maximum Gasteiger partial charge on any atom is 0.232 e. The lowest BCUT2D eigenvalue weighted by atomic mass is 9.80. The highest BCUT2D eigenvalue weighted by Crippen LogP contribution is 2.34. The second kappa shape index (κ2) is 4.60. The van der Waals surface area contributed by atoms with E-state index in [2.05, 4.69) is 31.9 Å². The van der Waals surface area contributed by atoms with Gasteiger partial charge in [-0.3, -0.25) is 4.98 Å². The summed E-state index contributed by atoms with van der Waals surface area (Å²) in [5, 5.41) is 3.89. The summed E-state index contributed by atoms with van der Waals surface area (Å²) < 4.78 is 5.34. The first-order valence-corrected chi connectivity index (χ1v) is 6.49. The summed E-state index contributed by atoms with van der Waals surface area (Å²) >= 11 is 0. The Balaban J connectivity index is 1.72. The molecule has 19 heavy (non-hydrogen) atoms. The summed E-state index contributed by atoms with van der Waals surface area (Å²) in [4.78, 5) is 15.1. The molecule has 0 N–H and O–H groups in total. The summed E-state index contributed by atoms with van der Waals surface area (Å²) in [5.41, 5.74) is -0.0278. The molecule has 0 amide bonds. The average molecular weight is 259 g/mol. The van der Waals surface area contributed by atoms with E-state index < -0.39 is 0 Å². The standard InChI is InChI=1S/C13H17N5O/c1-10-16-12(19-17-10)13(2)3-7-18(8-4-13)11-9-14-5-6-15-11/h5-6,9H,3-4,7-8H2,1-2H3. The Morgan fingerprint density at radius 1 is 1.26 bits per heavy atom. The molecule has 1 aliphatic heterocycles. The summed E-state index contributed by atoms with van der Waals surface area (Å²) in [6, 6.07) is 0. The first-order chi connectivity index (χ1) is 9.17. The third-order valence-electron chi connectivity index (χ3n) is 3.78. The highest BCUT2D eigenvalue weighted by molar-refractivity contribution is 5.36. The van der Waals surface area contributed by atoms with Crippen molar-refractivity contribution in [3.05, 3.63) is 30.3 Å². The van der Waals surface area contributed by atoms with Gasteiger partial charge in [-0.25, -0.2) is 4.98 Å². The van der Waals surface area contributed by atoms with Gasteiger partial charge < -0.3 is 9.42 Å². The molecule has 0 spiro atoms. The van der Waals surface area contributed by atoms with Gasteiger partial charge in [-0.05, 0) is 19.8 Å². The van der Waals surface area contributed by atoms with Crippen molar-refractivity contribution >= 4 is 5.82 Å². The Kier molecular flexibility index (Phi) is 2.93. The van der Waals surface area contributed by atoms with E-state index in [-0.39, 0.29) is 5.41 Å². The SMILES string of the molecule is Cc1noc(C2(C)CCN(c3cnccn3)CC2)n1. The predicted octanol–water partition coefficient (Wildman–Crippen LogP) is 1.73. The molecule has 0 radical (unpaired) electrons. The molecular formula is C13H17N5O. The second-order valence-electron chi connectivity index (χ2n) is 5.26. The van der Waals surface area contributed by atoms with E-state index in [1.807, 2.05) is 6.92 Å². The largest absolute Gasteiger partial charge is 0.355 e. The van der Waals surface area contributed by atoms with Crippen molar-refractivity contribution in [1.29, 1.82) is 0 Å². The predicted molar refractivity (Wildman–Crippen MR) is 69.9 cm³/mol. The van der Waals surface area contributed by atoms with Crippen LogP contribution < -0.4 is 4.90 Å². The molecule has 1 saturated heterocycles. The van der Waals surface area contributed by atoms with Gasteiger partial charge in [0.05, 0.1) is 11.6 Å². The molecule has 1 fully saturated rings. The van der Waals surface area contributed by atoms with Gasteiger partial charge in [0.2, 0.25) is 5.89 Å². The Morgan fingerprint density at radius 3 is 2.63 bits per heavy atom. The van der Waals surface area contributed by atoms with Crippen molar-refractivity contribution in [3.8, 4) is 0 Å². The maximum absolute atomic E-state index is 5.34. The van der Waals surface area contributed by atoms with Gasteiger partial charge in [-0.15, -0.1) is 0 Å². The van der Waals surface area contributed by atoms with Crippen molar-refractivity contribution in [2.75, 3.05) is 18.0 Å². The summed E-state index contributed by atoms with van der Waals surface area (Å²) in [6.07, 6.45) is 7.18. The number of hydrogen-bond donors (Lipinski definition) is 0. The zero-order valence-corrected chi connectivity index (χ0v) is 11.2. The third kappa shape index (κ3) is 2.30. The fourth-order valence-electron chi connectivity index (χ4n) is 2.44. The molecule has 3 rings (SSSR count). The molecule has 1 aliphatic rings. The molecule has 6 nitrogen and oxygen atoms in total. The minimum Gasteiger partial charge on any atom is -0.355 e. The van der Waals surface area contributed by atoms with Gasteiger partial charge in [0.1, 0.15) is 5.82 Å². The van der Waals surface area contributed by atoms with Gasteiger partial charge in [-0.1, -0.05) is 12.1 Å². The molecule has 2 aromatic rings. The number of rotatable bonds is 2. The van der Waals surface area contributed by atoms with Crippen LogP contribution in [0.4, 0.5) is 5.82 Å². The number of nitrogens with zero attached hydrogens (tertiary/aromatic N) is 5. The van der Waals surface area contributed by atoms with Crippen LogP contribution in [0.3, 0.4) is 0 Å². The molecule has 2 aromatic heterocycles. The van der Waals surface area contributed by atoms with Crippen LogP contribution in [0.5, 0.6) is 0 Å². The van der Waals surface area contributed by atoms with Crippen LogP contribution in [0, 0.1) is 6.92 Å². The number of hydrogen-bond acceptors (Lipinski definition) is 6. The monoisotopic (exact) mass is 259 g/mol. The highest BCUT2D eigenvalue weighted by Gasteiger charge is 2.36.